The molecule has 0 radical (unpaired) electrons. The average Bonchev–Trinajstić information content (AvgIpc) is 3.65. The highest BCUT2D eigenvalue weighted by Crippen LogP contribution is 2.29. The fourth-order valence-corrected chi connectivity index (χ4v) is 5.84. The van der Waals surface area contributed by atoms with E-state index in [4.69, 9.17) is 9.47 Å². The van der Waals surface area contributed by atoms with Gasteiger partial charge in [0.25, 0.3) is 0 Å². The van der Waals surface area contributed by atoms with Crippen LogP contribution in [-0.4, -0.2) is 33.5 Å². The third kappa shape index (κ3) is 7.18. The lowest BCUT2D eigenvalue weighted by Crippen LogP contribution is -2.09. The SMILES string of the molecule is Cc1c(C(=O)OCc2ccccc2)[nH]c(Cc2[nH]c(C(=O)OCc3ccccc3)c(C)c2C(=O)c2ccccc2)c1C(=O)c1ccccc1. The Kier molecular flexibility index (Phi) is 9.76. The normalized spacial score (nSPS) is 10.8. The smallest absolute Gasteiger partial charge is 0.355 e. The Morgan fingerprint density at radius 2 is 0.816 bits per heavy atom. The number of aromatic nitrogens is 2. The van der Waals surface area contributed by atoms with Crippen molar-refractivity contribution in [2.75, 3.05) is 0 Å². The summed E-state index contributed by atoms with van der Waals surface area (Å²) in [7, 11) is 0. The lowest BCUT2D eigenvalue weighted by atomic mass is 9.94. The summed E-state index contributed by atoms with van der Waals surface area (Å²) in [6.45, 7) is 3.49. The first-order valence-electron chi connectivity index (χ1n) is 15.9. The number of carbonyl (C=O) groups is 4. The standard InChI is InChI=1S/C41H34N2O6/c1-26-34(38(44)30-19-11-5-12-20-30)32(42-36(26)40(46)48-24-28-15-7-3-8-16-28)23-33-35(39(45)31-21-13-6-14-22-31)27(2)37(43-33)41(47)49-25-29-17-9-4-10-18-29/h3-22,42-43H,23-25H2,1-2H3. The third-order valence-electron chi connectivity index (χ3n) is 8.37. The van der Waals surface area contributed by atoms with Crippen molar-refractivity contribution < 1.29 is 28.7 Å². The summed E-state index contributed by atoms with van der Waals surface area (Å²) < 4.78 is 11.3. The topological polar surface area (TPSA) is 118 Å². The number of carbonyl (C=O) groups excluding carboxylic acids is 4. The molecule has 2 heterocycles. The van der Waals surface area contributed by atoms with E-state index in [0.717, 1.165) is 11.1 Å². The minimum atomic E-state index is -0.622. The minimum Gasteiger partial charge on any atom is -0.456 e. The van der Waals surface area contributed by atoms with E-state index < -0.39 is 11.9 Å². The Bertz CT molecular complexity index is 1960. The zero-order valence-electron chi connectivity index (χ0n) is 27.1. The molecule has 0 fully saturated rings. The van der Waals surface area contributed by atoms with E-state index in [0.29, 0.717) is 33.6 Å². The monoisotopic (exact) mass is 650 g/mol. The molecule has 0 saturated heterocycles. The molecule has 244 valence electrons. The van der Waals surface area contributed by atoms with Gasteiger partial charge in [-0.15, -0.1) is 0 Å². The van der Waals surface area contributed by atoms with Gasteiger partial charge in [0.05, 0.1) is 0 Å². The molecule has 0 spiro atoms. The predicted molar refractivity (Wildman–Crippen MR) is 185 cm³/mol. The highest BCUT2D eigenvalue weighted by molar-refractivity contribution is 6.13. The molecule has 2 N–H and O–H groups in total. The van der Waals surface area contributed by atoms with Gasteiger partial charge in [0.15, 0.2) is 11.6 Å². The van der Waals surface area contributed by atoms with Crippen LogP contribution in [-0.2, 0) is 29.1 Å². The molecule has 2 aromatic heterocycles. The summed E-state index contributed by atoms with van der Waals surface area (Å²) in [5.41, 5.74) is 4.97. The minimum absolute atomic E-state index is 0.00141. The second kappa shape index (κ2) is 14.6. The molecule has 6 aromatic rings. The van der Waals surface area contributed by atoms with E-state index >= 15 is 0 Å². The molecule has 0 unspecified atom stereocenters. The Morgan fingerprint density at radius 1 is 0.490 bits per heavy atom. The average molecular weight is 651 g/mol. The molecule has 4 aromatic carbocycles. The Labute approximate surface area is 283 Å². The largest absolute Gasteiger partial charge is 0.456 e. The number of benzene rings is 4. The summed E-state index contributed by atoms with van der Waals surface area (Å²) >= 11 is 0. The predicted octanol–water partition coefficient (Wildman–Crippen LogP) is 7.73. The fourth-order valence-electron chi connectivity index (χ4n) is 5.84. The first-order valence-corrected chi connectivity index (χ1v) is 15.9. The fraction of sp³-hybridized carbons (Fsp3) is 0.122. The quantitative estimate of drug-likeness (QED) is 0.103. The van der Waals surface area contributed by atoms with Gasteiger partial charge in [0, 0.05) is 40.1 Å². The maximum Gasteiger partial charge on any atom is 0.355 e. The van der Waals surface area contributed by atoms with Gasteiger partial charge in [-0.05, 0) is 36.1 Å². The lowest BCUT2D eigenvalue weighted by molar-refractivity contribution is 0.0457. The molecule has 0 atom stereocenters. The van der Waals surface area contributed by atoms with Gasteiger partial charge in [-0.1, -0.05) is 121 Å². The van der Waals surface area contributed by atoms with Crippen LogP contribution in [0, 0.1) is 13.8 Å². The van der Waals surface area contributed by atoms with Crippen LogP contribution in [0.4, 0.5) is 0 Å². The zero-order valence-corrected chi connectivity index (χ0v) is 27.1. The van der Waals surface area contributed by atoms with Crippen LogP contribution >= 0.6 is 0 Å². The van der Waals surface area contributed by atoms with Crippen LogP contribution in [0.25, 0.3) is 0 Å². The molecular formula is C41H34N2O6. The molecule has 0 bridgehead atoms. The van der Waals surface area contributed by atoms with E-state index in [1.807, 2.05) is 72.8 Å². The first kappa shape index (κ1) is 32.7. The van der Waals surface area contributed by atoms with Crippen molar-refractivity contribution in [2.45, 2.75) is 33.5 Å². The molecule has 0 aliphatic carbocycles. The van der Waals surface area contributed by atoms with Crippen molar-refractivity contribution in [1.29, 1.82) is 0 Å². The van der Waals surface area contributed by atoms with E-state index in [9.17, 15) is 19.2 Å². The van der Waals surface area contributed by atoms with Crippen molar-refractivity contribution in [3.63, 3.8) is 0 Å². The van der Waals surface area contributed by atoms with Gasteiger partial charge >= 0.3 is 11.9 Å². The molecular weight excluding hydrogens is 616 g/mol. The highest BCUT2D eigenvalue weighted by Gasteiger charge is 2.30. The number of nitrogens with one attached hydrogen (secondary N) is 2. The highest BCUT2D eigenvalue weighted by atomic mass is 16.5. The van der Waals surface area contributed by atoms with Gasteiger partial charge in [-0.25, -0.2) is 9.59 Å². The molecule has 6 rings (SSSR count). The number of ether oxygens (including phenoxy) is 2. The molecule has 8 heteroatoms. The van der Waals surface area contributed by atoms with E-state index in [2.05, 4.69) is 9.97 Å². The van der Waals surface area contributed by atoms with E-state index in [1.165, 1.54) is 0 Å². The van der Waals surface area contributed by atoms with Crippen LogP contribution in [0.3, 0.4) is 0 Å². The van der Waals surface area contributed by atoms with E-state index in [-0.39, 0.29) is 53.7 Å². The summed E-state index contributed by atoms with van der Waals surface area (Å²) in [6, 6.07) is 36.1. The van der Waals surface area contributed by atoms with Crippen LogP contribution in [0.5, 0.6) is 0 Å². The first-order chi connectivity index (χ1) is 23.8. The van der Waals surface area contributed by atoms with Crippen molar-refractivity contribution in [3.8, 4) is 0 Å². The van der Waals surface area contributed by atoms with Gasteiger partial charge in [-0.3, -0.25) is 9.59 Å². The maximum atomic E-state index is 14.0. The number of hydrogen-bond donors (Lipinski definition) is 2. The van der Waals surface area contributed by atoms with Gasteiger partial charge < -0.3 is 19.4 Å². The Balaban J connectivity index is 1.40. The molecule has 0 aliphatic heterocycles. The number of aromatic amines is 2. The van der Waals surface area contributed by atoms with Crippen molar-refractivity contribution in [1.82, 2.24) is 9.97 Å². The summed E-state index contributed by atoms with van der Waals surface area (Å²) in [6.07, 6.45) is 0.00141. The number of H-pyrrole nitrogens is 2. The van der Waals surface area contributed by atoms with Crippen LogP contribution in [0.15, 0.2) is 121 Å². The Hall–Kier alpha value is -6.28. The van der Waals surface area contributed by atoms with Gasteiger partial charge in [-0.2, -0.15) is 0 Å². The van der Waals surface area contributed by atoms with Crippen LogP contribution < -0.4 is 0 Å². The molecule has 0 saturated carbocycles. The summed E-state index contributed by atoms with van der Waals surface area (Å²) in [4.78, 5) is 61.2. The van der Waals surface area contributed by atoms with Gasteiger partial charge in [0.2, 0.25) is 0 Å². The molecule has 0 aliphatic rings. The summed E-state index contributed by atoms with van der Waals surface area (Å²) in [5.74, 6) is -1.84. The molecule has 0 amide bonds. The molecule has 49 heavy (non-hydrogen) atoms. The number of esters is 2. The number of hydrogen-bond acceptors (Lipinski definition) is 6. The second-order valence-corrected chi connectivity index (χ2v) is 11.6. The molecule has 8 nitrogen and oxygen atoms in total. The lowest BCUT2D eigenvalue weighted by Gasteiger charge is -2.08. The van der Waals surface area contributed by atoms with Crippen molar-refractivity contribution in [3.05, 3.63) is 189 Å². The van der Waals surface area contributed by atoms with Crippen LogP contribution in [0.1, 0.15) is 86.5 Å². The van der Waals surface area contributed by atoms with Crippen molar-refractivity contribution in [2.24, 2.45) is 0 Å². The van der Waals surface area contributed by atoms with Gasteiger partial charge in [0.1, 0.15) is 24.6 Å². The van der Waals surface area contributed by atoms with E-state index in [1.54, 1.807) is 62.4 Å². The second-order valence-electron chi connectivity index (χ2n) is 11.6. The zero-order chi connectivity index (χ0) is 34.3. The number of rotatable bonds is 12. The summed E-state index contributed by atoms with van der Waals surface area (Å²) in [5, 5.41) is 0. The Morgan fingerprint density at radius 3 is 1.16 bits per heavy atom. The van der Waals surface area contributed by atoms with Crippen molar-refractivity contribution >= 4 is 23.5 Å². The number of ketones is 2. The van der Waals surface area contributed by atoms with Crippen LogP contribution in [0.2, 0.25) is 0 Å². The third-order valence-corrected chi connectivity index (χ3v) is 8.37. The maximum absolute atomic E-state index is 14.0.